The number of hydrogen-bond acceptors (Lipinski definition) is 8. The molecule has 1 aromatic carbocycles. The summed E-state index contributed by atoms with van der Waals surface area (Å²) in [5.74, 6) is -1.26. The second-order valence-corrected chi connectivity index (χ2v) is 6.84. The highest BCUT2D eigenvalue weighted by molar-refractivity contribution is 8.04. The normalized spacial score (nSPS) is 19.8. The number of carbonyl (C=O) groups excluding carboxylic acids is 3. The summed E-state index contributed by atoms with van der Waals surface area (Å²) in [5.41, 5.74) is 0.602. The first-order chi connectivity index (χ1) is 12.3. The number of ether oxygens (including phenoxy) is 3. The van der Waals surface area contributed by atoms with E-state index < -0.39 is 39.4 Å². The zero-order chi connectivity index (χ0) is 19.2. The molecule has 2 atom stereocenters. The van der Waals surface area contributed by atoms with Crippen LogP contribution >= 0.6 is 0 Å². The molecule has 0 amide bonds. The fraction of sp³-hybridized carbons (Fsp3) is 0.312. The van der Waals surface area contributed by atoms with E-state index in [0.29, 0.717) is 5.56 Å². The van der Waals surface area contributed by atoms with E-state index in [0.717, 1.165) is 6.08 Å². The van der Waals surface area contributed by atoms with Crippen LogP contribution < -0.4 is 4.72 Å². The number of hydrogen-bond donors (Lipinski definition) is 1. The fourth-order valence-electron chi connectivity index (χ4n) is 1.94. The molecule has 140 valence electrons. The van der Waals surface area contributed by atoms with E-state index in [4.69, 9.17) is 14.2 Å². The SMILES string of the molecule is CC(=O)OC[C@@H]1C=CC(=O)[C@@H](NS(=O)(=O)C(=O)OCc2ccccc2)O1. The van der Waals surface area contributed by atoms with E-state index in [1.165, 1.54) is 13.0 Å². The molecule has 26 heavy (non-hydrogen) atoms. The first-order valence-corrected chi connectivity index (χ1v) is 9.00. The van der Waals surface area contributed by atoms with Crippen LogP contribution in [0.5, 0.6) is 0 Å². The van der Waals surface area contributed by atoms with E-state index in [9.17, 15) is 22.8 Å². The molecule has 0 aliphatic carbocycles. The number of nitrogens with one attached hydrogen (secondary N) is 1. The van der Waals surface area contributed by atoms with Crippen LogP contribution in [-0.4, -0.2) is 44.4 Å². The fourth-order valence-corrected chi connectivity index (χ4v) is 2.70. The Morgan fingerprint density at radius 2 is 1.88 bits per heavy atom. The van der Waals surface area contributed by atoms with E-state index in [2.05, 4.69) is 0 Å². The summed E-state index contributed by atoms with van der Waals surface area (Å²) in [6.45, 7) is 0.755. The van der Waals surface area contributed by atoms with Crippen LogP contribution in [-0.2, 0) is 40.4 Å². The predicted octanol–water partition coefficient (Wildman–Crippen LogP) is 0.656. The number of esters is 1. The molecular weight excluding hydrogens is 366 g/mol. The molecule has 9 nitrogen and oxygen atoms in total. The molecule has 0 saturated heterocycles. The molecule has 1 aliphatic heterocycles. The van der Waals surface area contributed by atoms with Crippen LogP contribution in [0.1, 0.15) is 12.5 Å². The second-order valence-electron chi connectivity index (χ2n) is 5.26. The summed E-state index contributed by atoms with van der Waals surface area (Å²) in [4.78, 5) is 34.3. The Labute approximate surface area is 150 Å². The summed E-state index contributed by atoms with van der Waals surface area (Å²) in [6, 6.07) is 8.49. The number of ketones is 1. The molecule has 0 unspecified atom stereocenters. The van der Waals surface area contributed by atoms with Gasteiger partial charge in [-0.1, -0.05) is 30.3 Å². The first kappa shape index (κ1) is 19.8. The average molecular weight is 383 g/mol. The summed E-state index contributed by atoms with van der Waals surface area (Å²) in [7, 11) is -4.62. The molecule has 0 radical (unpaired) electrons. The van der Waals surface area contributed by atoms with Crippen molar-refractivity contribution in [2.24, 2.45) is 0 Å². The summed E-state index contributed by atoms with van der Waals surface area (Å²) < 4.78 is 40.5. The lowest BCUT2D eigenvalue weighted by Crippen LogP contribution is -2.48. The molecule has 1 N–H and O–H groups in total. The van der Waals surface area contributed by atoms with E-state index in [1.54, 1.807) is 30.3 Å². The molecule has 0 fully saturated rings. The number of benzene rings is 1. The Morgan fingerprint density at radius 3 is 2.54 bits per heavy atom. The zero-order valence-corrected chi connectivity index (χ0v) is 14.6. The average Bonchev–Trinajstić information content (AvgIpc) is 2.61. The maximum atomic E-state index is 12.0. The minimum atomic E-state index is -4.62. The van der Waals surface area contributed by atoms with E-state index in [-0.39, 0.29) is 13.2 Å². The first-order valence-electron chi connectivity index (χ1n) is 7.52. The second kappa shape index (κ2) is 8.70. The maximum Gasteiger partial charge on any atom is 0.440 e. The van der Waals surface area contributed by atoms with Gasteiger partial charge in [0.05, 0.1) is 0 Å². The molecule has 2 rings (SSSR count). The molecule has 10 heteroatoms. The van der Waals surface area contributed by atoms with Crippen LogP contribution in [0.25, 0.3) is 0 Å². The van der Waals surface area contributed by atoms with Crippen molar-refractivity contribution in [3.05, 3.63) is 48.0 Å². The third-order valence-electron chi connectivity index (χ3n) is 3.18. The lowest BCUT2D eigenvalue weighted by Gasteiger charge is -2.24. The maximum absolute atomic E-state index is 12.0. The molecule has 0 bridgehead atoms. The topological polar surface area (TPSA) is 125 Å². The number of sulfonamides is 1. The molecule has 0 spiro atoms. The molecule has 1 heterocycles. The highest BCUT2D eigenvalue weighted by Gasteiger charge is 2.34. The molecule has 1 aliphatic rings. The Hall–Kier alpha value is -2.56. The minimum Gasteiger partial charge on any atom is -0.463 e. The van der Waals surface area contributed by atoms with Crippen molar-refractivity contribution in [3.8, 4) is 0 Å². The van der Waals surface area contributed by atoms with E-state index >= 15 is 0 Å². The summed E-state index contributed by atoms with van der Waals surface area (Å²) in [5, 5.41) is -1.54. The van der Waals surface area contributed by atoms with Crippen LogP contribution in [0.15, 0.2) is 42.5 Å². The van der Waals surface area contributed by atoms with Crippen molar-refractivity contribution >= 4 is 27.1 Å². The van der Waals surface area contributed by atoms with Crippen molar-refractivity contribution in [2.45, 2.75) is 25.9 Å². The zero-order valence-electron chi connectivity index (χ0n) is 13.8. The Kier molecular flexibility index (Phi) is 6.61. The third-order valence-corrected chi connectivity index (χ3v) is 4.26. The van der Waals surface area contributed by atoms with Crippen LogP contribution in [0.4, 0.5) is 4.79 Å². The highest BCUT2D eigenvalue weighted by atomic mass is 32.2. The smallest absolute Gasteiger partial charge is 0.440 e. The lowest BCUT2D eigenvalue weighted by molar-refractivity contribution is -0.147. The molecule has 1 aromatic rings. The van der Waals surface area contributed by atoms with Gasteiger partial charge < -0.3 is 14.2 Å². The van der Waals surface area contributed by atoms with Gasteiger partial charge in [0.1, 0.15) is 19.3 Å². The van der Waals surface area contributed by atoms with Crippen LogP contribution in [0.2, 0.25) is 0 Å². The van der Waals surface area contributed by atoms with Gasteiger partial charge in [-0.3, -0.25) is 9.59 Å². The van der Waals surface area contributed by atoms with Gasteiger partial charge in [-0.2, -0.15) is 4.72 Å². The van der Waals surface area contributed by atoms with Gasteiger partial charge in [0.25, 0.3) is 0 Å². The van der Waals surface area contributed by atoms with Gasteiger partial charge in [-0.05, 0) is 17.7 Å². The van der Waals surface area contributed by atoms with Crippen molar-refractivity contribution < 1.29 is 37.0 Å². The van der Waals surface area contributed by atoms with Crippen molar-refractivity contribution in [2.75, 3.05) is 6.61 Å². The van der Waals surface area contributed by atoms with Gasteiger partial charge in [0.2, 0.25) is 0 Å². The number of rotatable bonds is 6. The van der Waals surface area contributed by atoms with Crippen molar-refractivity contribution in [3.63, 3.8) is 0 Å². The minimum absolute atomic E-state index is 0.199. The highest BCUT2D eigenvalue weighted by Crippen LogP contribution is 2.11. The van der Waals surface area contributed by atoms with Gasteiger partial charge in [0.15, 0.2) is 12.0 Å². The van der Waals surface area contributed by atoms with Crippen LogP contribution in [0, 0.1) is 0 Å². The quantitative estimate of drug-likeness (QED) is 0.710. The molecule has 0 saturated carbocycles. The molecular formula is C16H17NO8S. The third kappa shape index (κ3) is 5.76. The largest absolute Gasteiger partial charge is 0.463 e. The Bertz CT molecular complexity index is 803. The monoisotopic (exact) mass is 383 g/mol. The van der Waals surface area contributed by atoms with Gasteiger partial charge in [0, 0.05) is 6.92 Å². The van der Waals surface area contributed by atoms with Gasteiger partial charge in [-0.25, -0.2) is 13.2 Å². The van der Waals surface area contributed by atoms with Crippen molar-refractivity contribution in [1.29, 1.82) is 0 Å². The molecule has 0 aromatic heterocycles. The Balaban J connectivity index is 1.94. The number of carbonyl (C=O) groups is 3. The summed E-state index contributed by atoms with van der Waals surface area (Å²) in [6.07, 6.45) is -0.0382. The predicted molar refractivity (Wildman–Crippen MR) is 88.1 cm³/mol. The van der Waals surface area contributed by atoms with Crippen molar-refractivity contribution in [1.82, 2.24) is 4.72 Å². The van der Waals surface area contributed by atoms with E-state index in [1.807, 2.05) is 4.72 Å². The van der Waals surface area contributed by atoms with Gasteiger partial charge in [-0.15, -0.1) is 0 Å². The Morgan fingerprint density at radius 1 is 1.19 bits per heavy atom. The standard InChI is InChI=1S/C16H17NO8S/c1-11(18)23-10-13-7-8-14(19)15(25-13)17-26(21,22)16(20)24-9-12-5-3-2-4-6-12/h2-8,13,15,17H,9-10H2,1H3/t13-,15-/m0/s1. The lowest BCUT2D eigenvalue weighted by atomic mass is 10.2. The van der Waals surface area contributed by atoms with Crippen LogP contribution in [0.3, 0.4) is 0 Å². The van der Waals surface area contributed by atoms with Gasteiger partial charge >= 0.3 is 21.3 Å². The summed E-state index contributed by atoms with van der Waals surface area (Å²) >= 11 is 0.